The topological polar surface area (TPSA) is 95.9 Å². The fraction of sp³-hybridized carbons (Fsp3) is 0.286. The van der Waals surface area contributed by atoms with Crippen LogP contribution in [-0.4, -0.2) is 47.5 Å². The Hall–Kier alpha value is -3.35. The summed E-state index contributed by atoms with van der Waals surface area (Å²) in [6.45, 7) is 3.01. The van der Waals surface area contributed by atoms with E-state index < -0.39 is 5.97 Å². The van der Waals surface area contributed by atoms with Crippen LogP contribution >= 0.6 is 0 Å². The monoisotopic (exact) mass is 382 g/mol. The van der Waals surface area contributed by atoms with Crippen LogP contribution in [0.4, 0.5) is 0 Å². The maximum Gasteiger partial charge on any atom is 0.335 e. The number of carbonyl (C=O) groups excluding carboxylic acids is 2. The summed E-state index contributed by atoms with van der Waals surface area (Å²) in [7, 11) is 0. The van der Waals surface area contributed by atoms with Crippen molar-refractivity contribution >= 4 is 17.8 Å². The van der Waals surface area contributed by atoms with Crippen molar-refractivity contribution in [2.75, 3.05) is 19.7 Å². The van der Waals surface area contributed by atoms with Crippen LogP contribution in [0.2, 0.25) is 0 Å². The summed E-state index contributed by atoms with van der Waals surface area (Å²) in [5, 5.41) is 11.8. The molecule has 7 heteroatoms. The molecule has 0 unspecified atom stereocenters. The van der Waals surface area contributed by atoms with E-state index in [0.29, 0.717) is 37.4 Å². The number of para-hydroxylation sites is 1. The first-order valence-corrected chi connectivity index (χ1v) is 9.12. The van der Waals surface area contributed by atoms with Gasteiger partial charge in [-0.25, -0.2) is 4.79 Å². The summed E-state index contributed by atoms with van der Waals surface area (Å²) in [4.78, 5) is 37.7. The molecule has 2 N–H and O–H groups in total. The van der Waals surface area contributed by atoms with Crippen molar-refractivity contribution in [1.82, 2.24) is 10.2 Å². The summed E-state index contributed by atoms with van der Waals surface area (Å²) in [5.74, 6) is -1.11. The molecule has 0 atom stereocenters. The summed E-state index contributed by atoms with van der Waals surface area (Å²) >= 11 is 0. The smallest absolute Gasteiger partial charge is 0.335 e. The molecule has 2 amide bonds. The molecule has 146 valence electrons. The third-order valence-electron chi connectivity index (χ3n) is 4.65. The minimum absolute atomic E-state index is 0.132. The third-order valence-corrected chi connectivity index (χ3v) is 4.65. The molecule has 0 aliphatic carbocycles. The van der Waals surface area contributed by atoms with Gasteiger partial charge < -0.3 is 20.1 Å². The van der Waals surface area contributed by atoms with Crippen LogP contribution in [0.5, 0.6) is 5.75 Å². The zero-order valence-corrected chi connectivity index (χ0v) is 15.6. The first kappa shape index (κ1) is 19.4. The van der Waals surface area contributed by atoms with Gasteiger partial charge in [0.2, 0.25) is 5.91 Å². The maximum atomic E-state index is 12.5. The molecule has 0 saturated heterocycles. The van der Waals surface area contributed by atoms with E-state index in [1.807, 2.05) is 6.92 Å². The van der Waals surface area contributed by atoms with E-state index in [1.54, 1.807) is 47.4 Å². The van der Waals surface area contributed by atoms with Gasteiger partial charge in [0.25, 0.3) is 5.91 Å². The van der Waals surface area contributed by atoms with Gasteiger partial charge in [0.05, 0.1) is 24.3 Å². The van der Waals surface area contributed by atoms with Crippen molar-refractivity contribution in [1.29, 1.82) is 0 Å². The maximum absolute atomic E-state index is 12.5. The number of hydrogen-bond donors (Lipinski definition) is 2. The lowest BCUT2D eigenvalue weighted by atomic mass is 9.97. The highest BCUT2D eigenvalue weighted by Crippen LogP contribution is 2.21. The van der Waals surface area contributed by atoms with Crippen LogP contribution in [0.15, 0.2) is 42.5 Å². The second-order valence-corrected chi connectivity index (χ2v) is 6.47. The summed E-state index contributed by atoms with van der Waals surface area (Å²) in [6.07, 6.45) is 0.655. The van der Waals surface area contributed by atoms with Crippen LogP contribution in [0, 0.1) is 0 Å². The minimum Gasteiger partial charge on any atom is -0.493 e. The number of nitrogens with zero attached hydrogens (tertiary/aromatic N) is 1. The van der Waals surface area contributed by atoms with Crippen molar-refractivity contribution in [3.05, 3.63) is 64.7 Å². The van der Waals surface area contributed by atoms with Gasteiger partial charge in [-0.3, -0.25) is 9.59 Å². The molecule has 0 radical (unpaired) electrons. The lowest BCUT2D eigenvalue weighted by molar-refractivity contribution is -0.131. The molecule has 2 aromatic rings. The number of fused-ring (bicyclic) bond motifs is 1. The molecule has 2 aromatic carbocycles. The zero-order chi connectivity index (χ0) is 20.1. The Morgan fingerprint density at radius 3 is 2.68 bits per heavy atom. The molecule has 1 heterocycles. The standard InChI is InChI=1S/C21H22N2O5/c1-2-28-18-6-4-3-5-17(18)20(25)22-12-19(24)23-10-9-14-7-8-15(21(26)27)11-16(14)13-23/h3-8,11H,2,9-10,12-13H2,1H3,(H,22,25)(H,26,27). The average molecular weight is 382 g/mol. The Bertz CT molecular complexity index is 909. The highest BCUT2D eigenvalue weighted by atomic mass is 16.5. The molecule has 3 rings (SSSR count). The molecular weight excluding hydrogens is 360 g/mol. The zero-order valence-electron chi connectivity index (χ0n) is 15.6. The van der Waals surface area contributed by atoms with Crippen LogP contribution in [0.3, 0.4) is 0 Å². The minimum atomic E-state index is -0.994. The van der Waals surface area contributed by atoms with Gasteiger partial charge in [0.1, 0.15) is 5.75 Å². The first-order chi connectivity index (χ1) is 13.5. The SMILES string of the molecule is CCOc1ccccc1C(=O)NCC(=O)N1CCc2ccc(C(=O)O)cc2C1. The van der Waals surface area contributed by atoms with Crippen LogP contribution in [0.1, 0.15) is 38.8 Å². The van der Waals surface area contributed by atoms with Gasteiger partial charge in [-0.15, -0.1) is 0 Å². The number of ether oxygens (including phenoxy) is 1. The van der Waals surface area contributed by atoms with Crippen molar-refractivity contribution in [3.8, 4) is 5.75 Å². The number of benzene rings is 2. The number of aromatic carboxylic acids is 1. The van der Waals surface area contributed by atoms with Gasteiger partial charge in [0.15, 0.2) is 0 Å². The second kappa shape index (κ2) is 8.56. The summed E-state index contributed by atoms with van der Waals surface area (Å²) in [5.41, 5.74) is 2.46. The molecule has 0 aromatic heterocycles. The molecule has 1 aliphatic rings. The average Bonchev–Trinajstić information content (AvgIpc) is 2.71. The Morgan fingerprint density at radius 2 is 1.93 bits per heavy atom. The van der Waals surface area contributed by atoms with Crippen molar-refractivity contribution < 1.29 is 24.2 Å². The van der Waals surface area contributed by atoms with Crippen LogP contribution < -0.4 is 10.1 Å². The predicted molar refractivity (Wildman–Crippen MR) is 102 cm³/mol. The van der Waals surface area contributed by atoms with E-state index in [9.17, 15) is 14.4 Å². The molecule has 28 heavy (non-hydrogen) atoms. The number of carboxylic acids is 1. The molecule has 0 bridgehead atoms. The summed E-state index contributed by atoms with van der Waals surface area (Å²) < 4.78 is 5.45. The van der Waals surface area contributed by atoms with E-state index in [4.69, 9.17) is 9.84 Å². The normalized spacial score (nSPS) is 12.8. The quantitative estimate of drug-likeness (QED) is 0.798. The third kappa shape index (κ3) is 4.31. The molecule has 1 aliphatic heterocycles. The first-order valence-electron chi connectivity index (χ1n) is 9.12. The van der Waals surface area contributed by atoms with E-state index in [2.05, 4.69) is 5.32 Å². The van der Waals surface area contributed by atoms with Crippen molar-refractivity contribution in [2.24, 2.45) is 0 Å². The number of nitrogens with one attached hydrogen (secondary N) is 1. The highest BCUT2D eigenvalue weighted by molar-refractivity contribution is 5.98. The second-order valence-electron chi connectivity index (χ2n) is 6.47. The number of carbonyl (C=O) groups is 3. The van der Waals surface area contributed by atoms with Crippen LogP contribution in [0.25, 0.3) is 0 Å². The lowest BCUT2D eigenvalue weighted by Gasteiger charge is -2.29. The van der Waals surface area contributed by atoms with Gasteiger partial charge in [-0.05, 0) is 48.7 Å². The van der Waals surface area contributed by atoms with Crippen molar-refractivity contribution in [2.45, 2.75) is 19.9 Å². The van der Waals surface area contributed by atoms with E-state index >= 15 is 0 Å². The van der Waals surface area contributed by atoms with Gasteiger partial charge in [-0.2, -0.15) is 0 Å². The lowest BCUT2D eigenvalue weighted by Crippen LogP contribution is -2.42. The van der Waals surface area contributed by atoms with Crippen LogP contribution in [-0.2, 0) is 17.8 Å². The number of carboxylic acid groups (broad SMARTS) is 1. The highest BCUT2D eigenvalue weighted by Gasteiger charge is 2.22. The van der Waals surface area contributed by atoms with E-state index in [-0.39, 0.29) is 23.9 Å². The number of rotatable bonds is 6. The molecular formula is C21H22N2O5. The van der Waals surface area contributed by atoms with Gasteiger partial charge in [0, 0.05) is 13.1 Å². The number of amides is 2. The molecule has 0 fully saturated rings. The Morgan fingerprint density at radius 1 is 1.14 bits per heavy atom. The molecule has 0 saturated carbocycles. The Kier molecular flexibility index (Phi) is 5.93. The van der Waals surface area contributed by atoms with Gasteiger partial charge >= 0.3 is 5.97 Å². The Balaban J connectivity index is 1.62. The number of hydrogen-bond acceptors (Lipinski definition) is 4. The largest absolute Gasteiger partial charge is 0.493 e. The van der Waals surface area contributed by atoms with E-state index in [0.717, 1.165) is 11.1 Å². The summed E-state index contributed by atoms with van der Waals surface area (Å²) in [6, 6.07) is 11.9. The molecule has 0 spiro atoms. The van der Waals surface area contributed by atoms with Crippen molar-refractivity contribution in [3.63, 3.8) is 0 Å². The van der Waals surface area contributed by atoms with E-state index in [1.165, 1.54) is 0 Å². The fourth-order valence-electron chi connectivity index (χ4n) is 3.20. The fourth-order valence-corrected chi connectivity index (χ4v) is 3.20. The van der Waals surface area contributed by atoms with Gasteiger partial charge in [-0.1, -0.05) is 18.2 Å². The Labute approximate surface area is 162 Å². The molecule has 7 nitrogen and oxygen atoms in total. The predicted octanol–water partition coefficient (Wildman–Crippen LogP) is 2.10.